The van der Waals surface area contributed by atoms with Gasteiger partial charge in [0.2, 0.25) is 35.3 Å². The van der Waals surface area contributed by atoms with Crippen LogP contribution in [0.15, 0.2) is 160 Å². The SMILES string of the molecule is I[I-]I.I[I-]I.I[I-]I.O.O.[I-].[I-].c1cc(-c2nnc(-c3cc[nH+]cc3)o2)cc[nH+]1.c1cc(-c2nnc(-c3cc[nH+]cc3)o2)cc[nH+]1.c1cc(-c2nnc(-c3cc[nH+]cc3)o2)ccn1. The van der Waals surface area contributed by atoms with Gasteiger partial charge in [-0.25, -0.2) is 24.9 Å². The number of nitrogens with zero attached hydrogens (tertiary/aromatic N) is 7. The summed E-state index contributed by atoms with van der Waals surface area (Å²) >= 11 is 15.9. The van der Waals surface area contributed by atoms with Gasteiger partial charge in [0.15, 0.2) is 62.0 Å². The first-order valence-corrected chi connectivity index (χ1v) is 54.1. The van der Waals surface area contributed by atoms with Gasteiger partial charge in [-0.1, -0.05) is 0 Å². The van der Waals surface area contributed by atoms with E-state index in [4.69, 9.17) is 13.3 Å². The number of halogens is 11. The maximum absolute atomic E-state index is 5.61. The summed E-state index contributed by atoms with van der Waals surface area (Å²) in [4.78, 5) is 18.7. The van der Waals surface area contributed by atoms with Gasteiger partial charge in [-0.15, -0.1) is 30.6 Å². The van der Waals surface area contributed by atoms with E-state index in [1.165, 1.54) is 0 Å². The van der Waals surface area contributed by atoms with E-state index in [1.807, 2.05) is 135 Å². The zero-order valence-electron chi connectivity index (χ0n) is 31.9. The minimum atomic E-state index is 0. The van der Waals surface area contributed by atoms with Crippen molar-refractivity contribution in [3.8, 4) is 68.7 Å². The Bertz CT molecular complexity index is 2030. The van der Waals surface area contributed by atoms with Gasteiger partial charge in [0.1, 0.15) is 0 Å². The van der Waals surface area contributed by atoms with Gasteiger partial charge in [0.05, 0.1) is 27.8 Å². The average Bonchev–Trinajstić information content (AvgIpc) is 4.13. The minimum Gasteiger partial charge on any atom is -1.00 e. The first kappa shape index (κ1) is 64.3. The van der Waals surface area contributed by atoms with Crippen LogP contribution >= 0.6 is 112 Å². The van der Waals surface area contributed by atoms with E-state index < -0.39 is 0 Å². The molecule has 0 unspecified atom stereocenters. The molecule has 17 nitrogen and oxygen atoms in total. The summed E-state index contributed by atoms with van der Waals surface area (Å²) in [5.41, 5.74) is 5.32. The number of H-pyrrole nitrogens is 5. The Kier molecular flexibility index (Phi) is 40.2. The van der Waals surface area contributed by atoms with Crippen molar-refractivity contribution in [2.24, 2.45) is 0 Å². The Morgan fingerprint density at radius 3 is 0.641 bits per heavy atom. The number of hydrogen-bond acceptors (Lipinski definition) is 10. The predicted molar refractivity (Wildman–Crippen MR) is 267 cm³/mol. The Hall–Kier alpha value is 0.270. The van der Waals surface area contributed by atoms with E-state index in [0.717, 1.165) is 33.4 Å². The molecule has 0 aliphatic heterocycles. The van der Waals surface area contributed by atoms with E-state index in [9.17, 15) is 0 Å². The molecule has 9 N–H and O–H groups in total. The van der Waals surface area contributed by atoms with Gasteiger partial charge in [0.25, 0.3) is 0 Å². The predicted octanol–water partition coefficient (Wildman–Crippen LogP) is -7.64. The first-order valence-electron chi connectivity index (χ1n) is 16.4. The van der Waals surface area contributed by atoms with E-state index in [1.54, 1.807) is 12.4 Å². The van der Waals surface area contributed by atoms with Crippen LogP contribution in [0.25, 0.3) is 68.7 Å². The summed E-state index contributed by atoms with van der Waals surface area (Å²) in [5, 5.41) is 24.1. The summed E-state index contributed by atoms with van der Waals surface area (Å²) in [5.74, 6) is 3.06. The fraction of sp³-hybridized carbons (Fsp3) is 0. The number of nitrogens with one attached hydrogen (secondary N) is 5. The van der Waals surface area contributed by atoms with Crippen LogP contribution in [-0.4, -0.2) is 46.5 Å². The zero-order valence-corrected chi connectivity index (χ0v) is 55.6. The molecular formula is C36H33I11N12O5. The van der Waals surface area contributed by atoms with Crippen molar-refractivity contribution in [3.05, 3.63) is 147 Å². The molecule has 0 saturated heterocycles. The molecule has 0 aromatic carbocycles. The molecule has 9 heterocycles. The van der Waals surface area contributed by atoms with Gasteiger partial charge in [-0.05, 0) is 12.1 Å². The topological polar surface area (TPSA) is 263 Å². The smallest absolute Gasteiger partial charge is 0.248 e. The molecule has 344 valence electrons. The second-order valence-corrected chi connectivity index (χ2v) is 59.3. The Labute approximate surface area is 490 Å². The van der Waals surface area contributed by atoms with Crippen molar-refractivity contribution in [2.45, 2.75) is 0 Å². The molecule has 9 aromatic heterocycles. The molecule has 0 saturated carbocycles. The maximum Gasteiger partial charge on any atom is 0.248 e. The standard InChI is InChI=1S/3C12H8N4O.3I3.2HI.2H2O/c3*1-5-13-6-2-9(1)11-15-16-12(17-11)10-3-7-14-8-4-10;3*1-3-2;;;;/h3*1-8H;;;;2*1H;2*1H2/q;;;3*-1;;;;/p+3. The van der Waals surface area contributed by atoms with E-state index >= 15 is 0 Å². The summed E-state index contributed by atoms with van der Waals surface area (Å²) in [6.45, 7) is 0. The maximum atomic E-state index is 5.61. The Morgan fingerprint density at radius 1 is 0.312 bits per heavy atom. The summed E-state index contributed by atoms with van der Waals surface area (Å²) in [6.07, 6.45) is 21.5. The molecular weight excluding hydrogens is 2080 g/mol. The molecule has 64 heavy (non-hydrogen) atoms. The van der Waals surface area contributed by atoms with Crippen molar-refractivity contribution in [3.63, 3.8) is 0 Å². The van der Waals surface area contributed by atoms with Crippen LogP contribution < -0.4 is 113 Å². The summed E-state index contributed by atoms with van der Waals surface area (Å²) in [7, 11) is 0. The van der Waals surface area contributed by atoms with Crippen LogP contribution in [0.4, 0.5) is 0 Å². The quantitative estimate of drug-likeness (QED) is 0.142. The number of aromatic nitrogens is 12. The molecule has 9 aromatic rings. The Morgan fingerprint density at radius 2 is 0.469 bits per heavy atom. The van der Waals surface area contributed by atoms with E-state index in [-0.39, 0.29) is 58.9 Å². The summed E-state index contributed by atoms with van der Waals surface area (Å²) in [6, 6.07) is 22.5. The Balaban J connectivity index is 0.000000826. The van der Waals surface area contributed by atoms with Crippen LogP contribution in [-0.2, 0) is 0 Å². The van der Waals surface area contributed by atoms with Crippen LogP contribution in [0, 0.1) is 0 Å². The molecule has 0 radical (unpaired) electrons. The minimum absolute atomic E-state index is 0. The molecule has 0 fully saturated rings. The van der Waals surface area contributed by atoms with Crippen molar-refractivity contribution < 1.29 is 137 Å². The largest absolute Gasteiger partial charge is 1.00 e. The normalized spacial score (nSPS) is 9.28. The second kappa shape index (κ2) is 40.0. The zero-order chi connectivity index (χ0) is 42.6. The van der Waals surface area contributed by atoms with Crippen LogP contribution in [0.2, 0.25) is 0 Å². The van der Waals surface area contributed by atoms with Crippen LogP contribution in [0.1, 0.15) is 0 Å². The van der Waals surface area contributed by atoms with Gasteiger partial charge in [-0.3, -0.25) is 4.98 Å². The van der Waals surface area contributed by atoms with Gasteiger partial charge < -0.3 is 72.2 Å². The molecule has 0 aliphatic rings. The second-order valence-electron chi connectivity index (χ2n) is 10.6. The third kappa shape index (κ3) is 23.7. The molecule has 0 spiro atoms. The molecule has 0 amide bonds. The third-order valence-corrected chi connectivity index (χ3v) is 7.03. The van der Waals surface area contributed by atoms with Crippen molar-refractivity contribution in [1.82, 2.24) is 35.6 Å². The van der Waals surface area contributed by atoms with Crippen molar-refractivity contribution >= 4 is 112 Å². The van der Waals surface area contributed by atoms with Gasteiger partial charge in [0, 0.05) is 78.6 Å². The van der Waals surface area contributed by atoms with Gasteiger partial charge >= 0.3 is 151 Å². The number of rotatable bonds is 6. The van der Waals surface area contributed by atoms with E-state index in [2.05, 4.69) is 172 Å². The molecule has 9 rings (SSSR count). The fourth-order valence-electron chi connectivity index (χ4n) is 4.51. The average molecular weight is 2110 g/mol. The monoisotopic (exact) mass is 2110 g/mol. The molecule has 0 atom stereocenters. The van der Waals surface area contributed by atoms with Crippen molar-refractivity contribution in [1.29, 1.82) is 0 Å². The molecule has 0 bridgehead atoms. The van der Waals surface area contributed by atoms with Crippen LogP contribution in [0.3, 0.4) is 0 Å². The fourth-order valence-corrected chi connectivity index (χ4v) is 4.51. The third-order valence-electron chi connectivity index (χ3n) is 7.03. The molecule has 28 heteroatoms. The van der Waals surface area contributed by atoms with Gasteiger partial charge in [-0.2, -0.15) is 0 Å². The van der Waals surface area contributed by atoms with Crippen molar-refractivity contribution in [2.75, 3.05) is 0 Å². The van der Waals surface area contributed by atoms with Crippen LogP contribution in [0.5, 0.6) is 0 Å². The number of hydrogen-bond donors (Lipinski definition) is 0. The number of pyridine rings is 6. The number of aromatic amines is 5. The first-order chi connectivity index (χ1) is 29.5. The molecule has 0 aliphatic carbocycles. The summed E-state index contributed by atoms with van der Waals surface area (Å²) < 4.78 is 16.8. The van der Waals surface area contributed by atoms with E-state index in [0.29, 0.717) is 75.1 Å².